The van der Waals surface area contributed by atoms with Gasteiger partial charge in [0.2, 0.25) is 0 Å². The predicted molar refractivity (Wildman–Crippen MR) is 121 cm³/mol. The lowest BCUT2D eigenvalue weighted by molar-refractivity contribution is -0.143. The molecule has 7 heteroatoms. The average Bonchev–Trinajstić information content (AvgIpc) is 2.82. The lowest BCUT2D eigenvalue weighted by Gasteiger charge is -2.36. The van der Waals surface area contributed by atoms with Gasteiger partial charge in [-0.3, -0.25) is 14.6 Å². The van der Waals surface area contributed by atoms with Crippen molar-refractivity contribution in [1.29, 1.82) is 0 Å². The van der Waals surface area contributed by atoms with E-state index < -0.39 is 23.6 Å². The molecular formula is C26H26FNO5. The van der Waals surface area contributed by atoms with E-state index in [1.165, 1.54) is 13.2 Å². The maximum Gasteiger partial charge on any atom is 0.315 e. The van der Waals surface area contributed by atoms with Gasteiger partial charge in [0.05, 0.1) is 21.3 Å². The standard InChI is InChI=1S/C26H26FNO5/c1-14-23(26(30)33-4)24(17-7-5-6-8-18(17)27)25-19(28-14)11-16(12-20(25)29)15-9-10-21(31-2)22(13-15)32-3/h5-10,13,16,23-24H,11-12H2,1-4H3. The maximum absolute atomic E-state index is 14.9. The largest absolute Gasteiger partial charge is 0.493 e. The number of halogens is 1. The summed E-state index contributed by atoms with van der Waals surface area (Å²) in [7, 11) is 4.42. The number of benzene rings is 2. The van der Waals surface area contributed by atoms with E-state index in [0.717, 1.165) is 5.56 Å². The van der Waals surface area contributed by atoms with Crippen molar-refractivity contribution in [3.8, 4) is 11.5 Å². The number of allylic oxidation sites excluding steroid dienone is 2. The van der Waals surface area contributed by atoms with Gasteiger partial charge in [-0.1, -0.05) is 24.3 Å². The van der Waals surface area contributed by atoms with Gasteiger partial charge >= 0.3 is 5.97 Å². The number of ether oxygens (including phenoxy) is 3. The second kappa shape index (κ2) is 9.17. The van der Waals surface area contributed by atoms with Gasteiger partial charge in [-0.2, -0.15) is 0 Å². The van der Waals surface area contributed by atoms with Crippen LogP contribution >= 0.6 is 0 Å². The Morgan fingerprint density at radius 1 is 1.03 bits per heavy atom. The summed E-state index contributed by atoms with van der Waals surface area (Å²) in [6, 6.07) is 11.8. The average molecular weight is 451 g/mol. The Morgan fingerprint density at radius 3 is 2.42 bits per heavy atom. The summed E-state index contributed by atoms with van der Waals surface area (Å²) in [5.41, 5.74) is 2.73. The zero-order chi connectivity index (χ0) is 23.7. The molecule has 6 nitrogen and oxygen atoms in total. The van der Waals surface area contributed by atoms with Gasteiger partial charge in [0.15, 0.2) is 17.3 Å². The lowest BCUT2D eigenvalue weighted by Crippen LogP contribution is -2.38. The Kier molecular flexibility index (Phi) is 6.31. The van der Waals surface area contributed by atoms with Gasteiger partial charge in [-0.05, 0) is 48.6 Å². The number of nitrogens with zero attached hydrogens (tertiary/aromatic N) is 1. The summed E-state index contributed by atoms with van der Waals surface area (Å²) in [5.74, 6) is -1.70. The normalized spacial score (nSPS) is 22.4. The van der Waals surface area contributed by atoms with Crippen molar-refractivity contribution in [2.45, 2.75) is 31.6 Å². The predicted octanol–water partition coefficient (Wildman–Crippen LogP) is 4.59. The van der Waals surface area contributed by atoms with Crippen molar-refractivity contribution < 1.29 is 28.2 Å². The number of carbonyl (C=O) groups is 2. The molecule has 172 valence electrons. The molecular weight excluding hydrogens is 425 g/mol. The molecule has 3 atom stereocenters. The lowest BCUT2D eigenvalue weighted by atomic mass is 9.69. The number of rotatable bonds is 5. The summed E-state index contributed by atoms with van der Waals surface area (Å²) in [6.45, 7) is 1.73. The van der Waals surface area contributed by atoms with E-state index in [0.29, 0.717) is 40.5 Å². The third-order valence-corrected chi connectivity index (χ3v) is 6.46. The Bertz CT molecular complexity index is 1170. The third kappa shape index (κ3) is 4.03. The second-order valence-corrected chi connectivity index (χ2v) is 8.26. The van der Waals surface area contributed by atoms with Crippen LogP contribution in [0.1, 0.15) is 42.7 Å². The van der Waals surface area contributed by atoms with Crippen molar-refractivity contribution >= 4 is 17.5 Å². The highest BCUT2D eigenvalue weighted by atomic mass is 19.1. The molecule has 2 aromatic rings. The van der Waals surface area contributed by atoms with Crippen LogP contribution in [0.15, 0.2) is 58.7 Å². The van der Waals surface area contributed by atoms with E-state index in [9.17, 15) is 14.0 Å². The zero-order valence-corrected chi connectivity index (χ0v) is 19.1. The molecule has 1 heterocycles. The van der Waals surface area contributed by atoms with Crippen molar-refractivity contribution in [2.24, 2.45) is 10.9 Å². The van der Waals surface area contributed by atoms with Gasteiger partial charge < -0.3 is 14.2 Å². The molecule has 3 unspecified atom stereocenters. The number of ketones is 1. The van der Waals surface area contributed by atoms with E-state index in [1.54, 1.807) is 39.3 Å². The van der Waals surface area contributed by atoms with Gasteiger partial charge in [-0.15, -0.1) is 0 Å². The number of hydrogen-bond donors (Lipinski definition) is 0. The molecule has 0 spiro atoms. The molecule has 1 aliphatic heterocycles. The highest BCUT2D eigenvalue weighted by molar-refractivity contribution is 6.09. The highest BCUT2D eigenvalue weighted by Crippen LogP contribution is 2.47. The molecule has 33 heavy (non-hydrogen) atoms. The van der Waals surface area contributed by atoms with Crippen molar-refractivity contribution in [1.82, 2.24) is 0 Å². The molecule has 0 amide bonds. The van der Waals surface area contributed by atoms with E-state index in [2.05, 4.69) is 4.99 Å². The number of carbonyl (C=O) groups excluding carboxylic acids is 2. The van der Waals surface area contributed by atoms with Crippen LogP contribution in [-0.2, 0) is 14.3 Å². The van der Waals surface area contributed by atoms with E-state index in [1.807, 2.05) is 18.2 Å². The van der Waals surface area contributed by atoms with Crippen LogP contribution in [0, 0.1) is 11.7 Å². The summed E-state index contributed by atoms with van der Waals surface area (Å²) in [4.78, 5) is 30.8. The van der Waals surface area contributed by atoms with Gasteiger partial charge in [0, 0.05) is 29.3 Å². The topological polar surface area (TPSA) is 74.2 Å². The molecule has 0 saturated heterocycles. The first-order valence-electron chi connectivity index (χ1n) is 10.7. The molecule has 1 aliphatic carbocycles. The molecule has 2 aliphatic rings. The monoisotopic (exact) mass is 451 g/mol. The van der Waals surface area contributed by atoms with Crippen LogP contribution in [-0.4, -0.2) is 38.8 Å². The van der Waals surface area contributed by atoms with Crippen molar-refractivity contribution in [2.75, 3.05) is 21.3 Å². The van der Waals surface area contributed by atoms with Crippen LogP contribution < -0.4 is 9.47 Å². The highest BCUT2D eigenvalue weighted by Gasteiger charge is 2.45. The summed E-state index contributed by atoms with van der Waals surface area (Å²) >= 11 is 0. The Labute approximate surface area is 192 Å². The van der Waals surface area contributed by atoms with Crippen LogP contribution in [0.4, 0.5) is 4.39 Å². The SMILES string of the molecule is COC(=O)C1C(C)=NC2=C(C(=O)CC(c3ccc(OC)c(OC)c3)C2)C1c1ccccc1F. The fourth-order valence-electron chi connectivity index (χ4n) is 4.90. The van der Waals surface area contributed by atoms with Crippen LogP contribution in [0.3, 0.4) is 0 Å². The van der Waals surface area contributed by atoms with Crippen molar-refractivity contribution in [3.63, 3.8) is 0 Å². The van der Waals surface area contributed by atoms with Gasteiger partial charge in [-0.25, -0.2) is 4.39 Å². The Balaban J connectivity index is 1.80. The number of aliphatic imine (C=N–C) groups is 1. The van der Waals surface area contributed by atoms with Crippen LogP contribution in [0.2, 0.25) is 0 Å². The first kappa shape index (κ1) is 22.7. The number of hydrogen-bond acceptors (Lipinski definition) is 6. The maximum atomic E-state index is 14.9. The number of methoxy groups -OCH3 is 3. The summed E-state index contributed by atoms with van der Waals surface area (Å²) in [5, 5.41) is 0. The summed E-state index contributed by atoms with van der Waals surface area (Å²) in [6.07, 6.45) is 0.717. The van der Waals surface area contributed by atoms with E-state index in [4.69, 9.17) is 14.2 Å². The number of esters is 1. The molecule has 0 saturated carbocycles. The Hall–Kier alpha value is -3.48. The molecule has 0 fully saturated rings. The molecule has 2 aromatic carbocycles. The fraction of sp³-hybridized carbons (Fsp3) is 0.346. The third-order valence-electron chi connectivity index (χ3n) is 6.46. The van der Waals surface area contributed by atoms with Crippen LogP contribution in [0.25, 0.3) is 0 Å². The minimum atomic E-state index is -0.854. The minimum absolute atomic E-state index is 0.122. The molecule has 0 N–H and O–H groups in total. The first-order chi connectivity index (χ1) is 15.9. The van der Waals surface area contributed by atoms with E-state index in [-0.39, 0.29) is 18.1 Å². The van der Waals surface area contributed by atoms with Gasteiger partial charge in [0.25, 0.3) is 0 Å². The van der Waals surface area contributed by atoms with E-state index >= 15 is 0 Å². The van der Waals surface area contributed by atoms with Gasteiger partial charge in [0.1, 0.15) is 11.7 Å². The molecule has 4 rings (SSSR count). The second-order valence-electron chi connectivity index (χ2n) is 8.26. The number of Topliss-reactive ketones (excluding diaryl/α,β-unsaturated/α-hetero) is 1. The fourth-order valence-corrected chi connectivity index (χ4v) is 4.90. The smallest absolute Gasteiger partial charge is 0.315 e. The summed E-state index contributed by atoms with van der Waals surface area (Å²) < 4.78 is 30.6. The molecule has 0 radical (unpaired) electrons. The van der Waals surface area contributed by atoms with Crippen LogP contribution in [0.5, 0.6) is 11.5 Å². The molecule has 0 bridgehead atoms. The first-order valence-corrected chi connectivity index (χ1v) is 10.7. The van der Waals surface area contributed by atoms with Crippen molar-refractivity contribution in [3.05, 3.63) is 70.7 Å². The minimum Gasteiger partial charge on any atom is -0.493 e. The quantitative estimate of drug-likeness (QED) is 0.622. The molecule has 0 aromatic heterocycles. The zero-order valence-electron chi connectivity index (χ0n) is 19.1. The Morgan fingerprint density at radius 2 is 1.76 bits per heavy atom.